The van der Waals surface area contributed by atoms with Crippen molar-refractivity contribution in [1.29, 1.82) is 0 Å². The van der Waals surface area contributed by atoms with E-state index in [1.807, 2.05) is 72.9 Å². The van der Waals surface area contributed by atoms with Crippen molar-refractivity contribution in [2.45, 2.75) is 129 Å². The molecule has 0 aromatic rings. The fraction of sp³-hybridized carbons (Fsp3) is 0.473. The molecule has 0 heterocycles. The maximum atomic E-state index is 12.7. The van der Waals surface area contributed by atoms with Gasteiger partial charge < -0.3 is 28.6 Å². The highest BCUT2D eigenvalue weighted by molar-refractivity contribution is 5.70. The van der Waals surface area contributed by atoms with Crippen LogP contribution in [0.5, 0.6) is 0 Å². The quantitative estimate of drug-likeness (QED) is 0.0200. The summed E-state index contributed by atoms with van der Waals surface area (Å²) < 4.78 is 17.1. The fourth-order valence-electron chi connectivity index (χ4n) is 5.59. The first-order valence-corrected chi connectivity index (χ1v) is 23.1. The summed E-state index contributed by atoms with van der Waals surface area (Å²) in [6, 6.07) is -0.756. The maximum absolute atomic E-state index is 12.7. The van der Waals surface area contributed by atoms with E-state index in [2.05, 4.69) is 98.9 Å². The fourth-order valence-corrected chi connectivity index (χ4v) is 5.59. The number of carboxylic acid groups (broad SMARTS) is 1. The number of allylic oxidation sites excluding steroid dienone is 26. The normalized spacial score (nSPS) is 14.4. The van der Waals surface area contributed by atoms with E-state index in [0.717, 1.165) is 70.6 Å². The number of hydrogen-bond acceptors (Lipinski definition) is 7. The third kappa shape index (κ3) is 42.0. The van der Waals surface area contributed by atoms with Gasteiger partial charge in [0, 0.05) is 19.3 Å². The monoisotopic (exact) mass is 868 g/mol. The maximum Gasteiger partial charge on any atom is 0.306 e. The van der Waals surface area contributed by atoms with Gasteiger partial charge in [-0.1, -0.05) is 178 Å². The first-order valence-electron chi connectivity index (χ1n) is 23.1. The van der Waals surface area contributed by atoms with E-state index in [4.69, 9.17) is 14.2 Å². The standard InChI is InChI=1S/C55H81NO7/c1-6-8-10-12-14-16-18-20-22-24-26-28-29-31-33-35-37-39-41-43-45-53(57)62-50-51(49-61-48-47-52(55(59)60)56(3,4)5)63-54(58)46-44-42-40-38-36-34-32-30-27-25-23-21-19-17-15-13-11-9-7-2/h8-11,13-17,19-23,25-28,30-34,36-37,39,51-52H,6-7,12,18,24,29,35,38,40-50H2,1-5H3/b10-8+,11-9+,15-13+,16-14+,19-17+,22-20+,23-21+,27-25+,28-26+,32-30+,33-31+,36-34+,39-37+. The minimum atomic E-state index is -1.15. The van der Waals surface area contributed by atoms with Crippen LogP contribution >= 0.6 is 0 Å². The molecule has 0 aliphatic carbocycles. The summed E-state index contributed by atoms with van der Waals surface area (Å²) in [7, 11) is 5.35. The first-order chi connectivity index (χ1) is 30.6. The lowest BCUT2D eigenvalue weighted by Gasteiger charge is -2.34. The van der Waals surface area contributed by atoms with E-state index in [-0.39, 0.29) is 55.5 Å². The molecule has 0 N–H and O–H groups in total. The van der Waals surface area contributed by atoms with Gasteiger partial charge in [0.25, 0.3) is 0 Å². The molecule has 2 atom stereocenters. The van der Waals surface area contributed by atoms with Crippen molar-refractivity contribution in [2.24, 2.45) is 0 Å². The molecule has 0 saturated carbocycles. The number of carboxylic acids is 1. The van der Waals surface area contributed by atoms with Gasteiger partial charge in [0.1, 0.15) is 12.6 Å². The Morgan fingerprint density at radius 2 is 0.937 bits per heavy atom. The zero-order valence-electron chi connectivity index (χ0n) is 39.4. The Kier molecular flexibility index (Phi) is 40.1. The smallest absolute Gasteiger partial charge is 0.306 e. The Hall–Kier alpha value is -5.05. The summed E-state index contributed by atoms with van der Waals surface area (Å²) in [5.74, 6) is -1.90. The summed E-state index contributed by atoms with van der Waals surface area (Å²) in [5.41, 5.74) is 0. The van der Waals surface area contributed by atoms with Crippen LogP contribution in [0.25, 0.3) is 0 Å². The van der Waals surface area contributed by atoms with Crippen molar-refractivity contribution in [2.75, 3.05) is 41.0 Å². The Labute approximate surface area is 382 Å². The average molecular weight is 868 g/mol. The number of unbranched alkanes of at least 4 members (excludes halogenated alkanes) is 4. The van der Waals surface area contributed by atoms with E-state index < -0.39 is 18.1 Å². The van der Waals surface area contributed by atoms with E-state index in [0.29, 0.717) is 12.8 Å². The Morgan fingerprint density at radius 1 is 0.492 bits per heavy atom. The minimum absolute atomic E-state index is 0.00982. The number of ether oxygens (including phenoxy) is 3. The number of hydrogen-bond donors (Lipinski definition) is 0. The number of aliphatic carboxylic acids is 1. The number of carbonyl (C=O) groups excluding carboxylic acids is 3. The van der Waals surface area contributed by atoms with E-state index in [1.165, 1.54) is 0 Å². The number of quaternary nitrogens is 1. The van der Waals surface area contributed by atoms with Crippen LogP contribution < -0.4 is 5.11 Å². The highest BCUT2D eigenvalue weighted by Crippen LogP contribution is 2.10. The van der Waals surface area contributed by atoms with Gasteiger partial charge in [0.15, 0.2) is 6.10 Å². The van der Waals surface area contributed by atoms with Gasteiger partial charge in [-0.25, -0.2) is 0 Å². The second-order valence-electron chi connectivity index (χ2n) is 15.7. The molecule has 0 radical (unpaired) electrons. The zero-order chi connectivity index (χ0) is 46.3. The third-order valence-electron chi connectivity index (χ3n) is 9.10. The molecule has 0 bridgehead atoms. The predicted octanol–water partition coefficient (Wildman–Crippen LogP) is 11.8. The van der Waals surface area contributed by atoms with Gasteiger partial charge in [-0.05, 0) is 77.0 Å². The molecular formula is C55H81NO7. The Morgan fingerprint density at radius 3 is 1.43 bits per heavy atom. The van der Waals surface area contributed by atoms with Crippen molar-refractivity contribution in [3.63, 3.8) is 0 Å². The molecule has 348 valence electrons. The molecule has 63 heavy (non-hydrogen) atoms. The van der Waals surface area contributed by atoms with Crippen molar-refractivity contribution in [3.8, 4) is 0 Å². The van der Waals surface area contributed by atoms with Gasteiger partial charge in [-0.3, -0.25) is 9.59 Å². The zero-order valence-corrected chi connectivity index (χ0v) is 39.4. The average Bonchev–Trinajstić information content (AvgIpc) is 3.24. The summed E-state index contributed by atoms with van der Waals surface area (Å²) in [4.78, 5) is 36.9. The molecule has 0 fully saturated rings. The van der Waals surface area contributed by atoms with Crippen molar-refractivity contribution in [1.82, 2.24) is 0 Å². The molecule has 8 nitrogen and oxygen atoms in total. The summed E-state index contributed by atoms with van der Waals surface area (Å²) in [5, 5.41) is 11.6. The van der Waals surface area contributed by atoms with E-state index in [1.54, 1.807) is 21.1 Å². The lowest BCUT2D eigenvalue weighted by molar-refractivity contribution is -0.889. The summed E-state index contributed by atoms with van der Waals surface area (Å²) in [6.07, 6.45) is 65.6. The van der Waals surface area contributed by atoms with E-state index >= 15 is 0 Å². The van der Waals surface area contributed by atoms with Crippen LogP contribution in [0.2, 0.25) is 0 Å². The van der Waals surface area contributed by atoms with Gasteiger partial charge >= 0.3 is 11.9 Å². The second-order valence-corrected chi connectivity index (χ2v) is 15.7. The van der Waals surface area contributed by atoms with Gasteiger partial charge in [0.05, 0.1) is 40.3 Å². The molecule has 0 saturated heterocycles. The number of likely N-dealkylation sites (N-methyl/N-ethyl adjacent to an activating group) is 1. The Balaban J connectivity index is 4.57. The van der Waals surface area contributed by atoms with Crippen molar-refractivity contribution < 1.29 is 38.2 Å². The van der Waals surface area contributed by atoms with Crippen LogP contribution in [-0.2, 0) is 28.6 Å². The topological polar surface area (TPSA) is 102 Å². The molecule has 0 spiro atoms. The largest absolute Gasteiger partial charge is 0.544 e. The van der Waals surface area contributed by atoms with Gasteiger partial charge in [-0.15, -0.1) is 0 Å². The number of rotatable bonds is 38. The molecule has 0 aliphatic rings. The molecule has 0 amide bonds. The highest BCUT2D eigenvalue weighted by atomic mass is 16.6. The van der Waals surface area contributed by atoms with Crippen LogP contribution in [0.4, 0.5) is 0 Å². The van der Waals surface area contributed by atoms with Crippen molar-refractivity contribution in [3.05, 3.63) is 158 Å². The van der Waals surface area contributed by atoms with Gasteiger partial charge in [-0.2, -0.15) is 0 Å². The predicted molar refractivity (Wildman–Crippen MR) is 263 cm³/mol. The van der Waals surface area contributed by atoms with Crippen LogP contribution in [0.1, 0.15) is 117 Å². The lowest BCUT2D eigenvalue weighted by atomic mass is 10.1. The molecule has 0 aliphatic heterocycles. The van der Waals surface area contributed by atoms with Crippen LogP contribution in [0.15, 0.2) is 158 Å². The lowest BCUT2D eigenvalue weighted by Crippen LogP contribution is -2.55. The summed E-state index contributed by atoms with van der Waals surface area (Å²) in [6.45, 7) is 4.25. The molecular weight excluding hydrogens is 787 g/mol. The second kappa shape index (κ2) is 43.6. The molecule has 8 heteroatoms. The molecule has 0 rings (SSSR count). The number of nitrogens with zero attached hydrogens (tertiary/aromatic N) is 1. The van der Waals surface area contributed by atoms with Crippen molar-refractivity contribution >= 4 is 17.9 Å². The molecule has 2 unspecified atom stereocenters. The highest BCUT2D eigenvalue weighted by Gasteiger charge is 2.25. The number of carbonyl (C=O) groups is 3. The van der Waals surface area contributed by atoms with E-state index in [9.17, 15) is 19.5 Å². The van der Waals surface area contributed by atoms with Gasteiger partial charge in [0.2, 0.25) is 0 Å². The SMILES string of the molecule is CC/C=C/C=C/C=C/C=C/C=C/C=C/C=C/CCCCCC(=O)OC(COCCC(C(=O)[O-])[N+](C)(C)C)COC(=O)CCC/C=C/C/C=C/C/C=C/C/C=C/C/C=C/C/C=C/CC. The third-order valence-corrected chi connectivity index (χ3v) is 9.10. The Bertz CT molecular complexity index is 1570. The number of esters is 2. The molecule has 0 aromatic heterocycles. The van der Waals surface area contributed by atoms with Crippen LogP contribution in [0.3, 0.4) is 0 Å². The molecule has 0 aromatic carbocycles. The van der Waals surface area contributed by atoms with Crippen LogP contribution in [-0.4, -0.2) is 75.5 Å². The first kappa shape index (κ1) is 58.0. The summed E-state index contributed by atoms with van der Waals surface area (Å²) >= 11 is 0. The van der Waals surface area contributed by atoms with Crippen LogP contribution in [0, 0.1) is 0 Å². The minimum Gasteiger partial charge on any atom is -0.544 e.